The molecule has 1 fully saturated rings. The predicted molar refractivity (Wildman–Crippen MR) is 105 cm³/mol. The van der Waals surface area contributed by atoms with Crippen LogP contribution in [0.4, 0.5) is 10.5 Å². The molecule has 1 saturated heterocycles. The van der Waals surface area contributed by atoms with E-state index in [0.717, 1.165) is 22.7 Å². The Bertz CT molecular complexity index is 926. The zero-order chi connectivity index (χ0) is 20.5. The van der Waals surface area contributed by atoms with Crippen LogP contribution in [-0.4, -0.2) is 26.7 Å². The molecule has 1 aliphatic rings. The molecule has 0 spiro atoms. The number of nitro benzene ring substituents is 1. The highest BCUT2D eigenvalue weighted by molar-refractivity contribution is 7.09. The van der Waals surface area contributed by atoms with Crippen LogP contribution >= 0.6 is 11.3 Å². The van der Waals surface area contributed by atoms with Gasteiger partial charge in [0.25, 0.3) is 11.6 Å². The van der Waals surface area contributed by atoms with Gasteiger partial charge in [0.2, 0.25) is 0 Å². The first-order chi connectivity index (χ1) is 13.2. The lowest BCUT2D eigenvalue weighted by molar-refractivity contribution is -0.385. The number of rotatable bonds is 7. The summed E-state index contributed by atoms with van der Waals surface area (Å²) in [4.78, 5) is 41.6. The fourth-order valence-corrected chi connectivity index (χ4v) is 3.88. The second-order valence-electron chi connectivity index (χ2n) is 7.42. The Hall–Kier alpha value is -2.81. The summed E-state index contributed by atoms with van der Waals surface area (Å²) in [6, 6.07) is 5.23. The number of aryl methyl sites for hydroxylation is 1. The fourth-order valence-electron chi connectivity index (χ4n) is 3.08. The summed E-state index contributed by atoms with van der Waals surface area (Å²) in [5, 5.41) is 16.6. The third kappa shape index (κ3) is 3.89. The molecule has 1 aromatic carbocycles. The molecule has 8 nitrogen and oxygen atoms in total. The van der Waals surface area contributed by atoms with Gasteiger partial charge in [-0.05, 0) is 31.2 Å². The summed E-state index contributed by atoms with van der Waals surface area (Å²) in [5.74, 6) is 0.128. The zero-order valence-corrected chi connectivity index (χ0v) is 16.8. The normalized spacial score (nSPS) is 19.4. The first-order valence-electron chi connectivity index (χ1n) is 9.03. The summed E-state index contributed by atoms with van der Waals surface area (Å²) in [6.07, 6.45) is 1.90. The number of hydrogen-bond donors (Lipinski definition) is 1. The van der Waals surface area contributed by atoms with Crippen LogP contribution in [-0.2, 0) is 23.3 Å². The SMILES string of the molecule is CC(C)CCc1nc(CN2C(=O)NC(C)(c3cccc([N+](=O)[O-])c3)C2=O)cs1. The smallest absolute Gasteiger partial charge is 0.319 e. The Balaban J connectivity index is 1.78. The predicted octanol–water partition coefficient (Wildman–Crippen LogP) is 3.61. The minimum atomic E-state index is -1.35. The van der Waals surface area contributed by atoms with Crippen molar-refractivity contribution in [3.8, 4) is 0 Å². The van der Waals surface area contributed by atoms with Crippen LogP contribution in [0, 0.1) is 16.0 Å². The molecule has 2 heterocycles. The molecule has 3 amide bonds. The monoisotopic (exact) mass is 402 g/mol. The van der Waals surface area contributed by atoms with Gasteiger partial charge in [0.1, 0.15) is 5.54 Å². The third-order valence-corrected chi connectivity index (χ3v) is 5.72. The Kier molecular flexibility index (Phi) is 5.46. The minimum Gasteiger partial charge on any atom is -0.319 e. The van der Waals surface area contributed by atoms with E-state index >= 15 is 0 Å². The number of non-ortho nitro benzene ring substituents is 1. The Morgan fingerprint density at radius 1 is 1.36 bits per heavy atom. The fraction of sp³-hybridized carbons (Fsp3) is 0.421. The van der Waals surface area contributed by atoms with Crippen LogP contribution in [0.3, 0.4) is 0 Å². The molecule has 0 radical (unpaired) electrons. The lowest BCUT2D eigenvalue weighted by Crippen LogP contribution is -2.40. The largest absolute Gasteiger partial charge is 0.325 e. The van der Waals surface area contributed by atoms with Crippen molar-refractivity contribution in [2.75, 3.05) is 0 Å². The highest BCUT2D eigenvalue weighted by Crippen LogP contribution is 2.31. The molecule has 0 aliphatic carbocycles. The summed E-state index contributed by atoms with van der Waals surface area (Å²) < 4.78 is 0. The van der Waals surface area contributed by atoms with Crippen LogP contribution in [0.2, 0.25) is 0 Å². The van der Waals surface area contributed by atoms with Crippen molar-refractivity contribution in [3.05, 3.63) is 56.0 Å². The molecule has 1 unspecified atom stereocenters. The van der Waals surface area contributed by atoms with Gasteiger partial charge in [-0.15, -0.1) is 11.3 Å². The second-order valence-corrected chi connectivity index (χ2v) is 8.36. The quantitative estimate of drug-likeness (QED) is 0.433. The van der Waals surface area contributed by atoms with Crippen molar-refractivity contribution >= 4 is 29.0 Å². The number of benzene rings is 1. The van der Waals surface area contributed by atoms with Gasteiger partial charge in [-0.1, -0.05) is 26.0 Å². The standard InChI is InChI=1S/C19H22N4O4S/c1-12(2)7-8-16-20-14(11-28-16)10-22-17(24)19(3,21-18(22)25)13-5-4-6-15(9-13)23(26)27/h4-6,9,11-12H,7-8,10H2,1-3H3,(H,21,25). The number of nitro groups is 1. The number of carbonyl (C=O) groups is 2. The number of carbonyl (C=O) groups excluding carboxylic acids is 2. The van der Waals surface area contributed by atoms with Crippen molar-refractivity contribution in [2.24, 2.45) is 5.92 Å². The van der Waals surface area contributed by atoms with Gasteiger partial charge in [-0.3, -0.25) is 19.8 Å². The number of hydrogen-bond acceptors (Lipinski definition) is 6. The van der Waals surface area contributed by atoms with E-state index < -0.39 is 22.4 Å². The van der Waals surface area contributed by atoms with Crippen molar-refractivity contribution in [3.63, 3.8) is 0 Å². The molecule has 1 aromatic heterocycles. The second kappa shape index (κ2) is 7.67. The number of thiazole rings is 1. The van der Waals surface area contributed by atoms with Gasteiger partial charge in [-0.2, -0.15) is 0 Å². The molecule has 148 valence electrons. The molecule has 1 atom stereocenters. The van der Waals surface area contributed by atoms with Crippen LogP contribution in [0.25, 0.3) is 0 Å². The van der Waals surface area contributed by atoms with E-state index in [1.807, 2.05) is 5.38 Å². The number of imide groups is 1. The molecule has 1 N–H and O–H groups in total. The molecule has 3 rings (SSSR count). The number of aromatic nitrogens is 1. The van der Waals surface area contributed by atoms with Crippen LogP contribution < -0.4 is 5.32 Å². The van der Waals surface area contributed by atoms with Crippen molar-refractivity contribution < 1.29 is 14.5 Å². The van der Waals surface area contributed by atoms with E-state index in [2.05, 4.69) is 24.1 Å². The van der Waals surface area contributed by atoms with E-state index in [0.29, 0.717) is 17.2 Å². The molecular formula is C19H22N4O4S. The van der Waals surface area contributed by atoms with E-state index in [1.165, 1.54) is 29.5 Å². The lowest BCUT2D eigenvalue weighted by atomic mass is 9.91. The van der Waals surface area contributed by atoms with Crippen molar-refractivity contribution in [1.29, 1.82) is 0 Å². The average Bonchev–Trinajstić information content (AvgIpc) is 3.19. The van der Waals surface area contributed by atoms with Gasteiger partial charge in [-0.25, -0.2) is 9.78 Å². The number of urea groups is 1. The third-order valence-electron chi connectivity index (χ3n) is 4.76. The van der Waals surface area contributed by atoms with E-state index in [-0.39, 0.29) is 12.2 Å². The maximum absolute atomic E-state index is 13.0. The van der Waals surface area contributed by atoms with Crippen LogP contribution in [0.5, 0.6) is 0 Å². The Morgan fingerprint density at radius 2 is 2.11 bits per heavy atom. The lowest BCUT2D eigenvalue weighted by Gasteiger charge is -2.21. The average molecular weight is 402 g/mol. The minimum absolute atomic E-state index is 0.0767. The van der Waals surface area contributed by atoms with Crippen molar-refractivity contribution in [2.45, 2.75) is 45.7 Å². The van der Waals surface area contributed by atoms with Gasteiger partial charge in [0, 0.05) is 17.5 Å². The van der Waals surface area contributed by atoms with Gasteiger partial charge in [0.05, 0.1) is 22.2 Å². The molecular weight excluding hydrogens is 380 g/mol. The van der Waals surface area contributed by atoms with E-state index in [1.54, 1.807) is 13.0 Å². The van der Waals surface area contributed by atoms with Crippen molar-refractivity contribution in [1.82, 2.24) is 15.2 Å². The first kappa shape index (κ1) is 19.9. The summed E-state index contributed by atoms with van der Waals surface area (Å²) in [6.45, 7) is 5.93. The molecule has 0 saturated carbocycles. The Morgan fingerprint density at radius 3 is 2.79 bits per heavy atom. The van der Waals surface area contributed by atoms with E-state index in [4.69, 9.17) is 0 Å². The van der Waals surface area contributed by atoms with Crippen LogP contribution in [0.15, 0.2) is 29.6 Å². The maximum Gasteiger partial charge on any atom is 0.325 e. The van der Waals surface area contributed by atoms with E-state index in [9.17, 15) is 19.7 Å². The molecule has 9 heteroatoms. The number of nitrogens with zero attached hydrogens (tertiary/aromatic N) is 3. The molecule has 28 heavy (non-hydrogen) atoms. The molecule has 0 bridgehead atoms. The first-order valence-corrected chi connectivity index (χ1v) is 9.91. The number of amides is 3. The summed E-state index contributed by atoms with van der Waals surface area (Å²) in [7, 11) is 0. The van der Waals surface area contributed by atoms with Gasteiger partial charge in [0.15, 0.2) is 0 Å². The zero-order valence-electron chi connectivity index (χ0n) is 16.0. The topological polar surface area (TPSA) is 105 Å². The summed E-state index contributed by atoms with van der Waals surface area (Å²) >= 11 is 1.52. The maximum atomic E-state index is 13.0. The van der Waals surface area contributed by atoms with Gasteiger partial charge < -0.3 is 5.32 Å². The van der Waals surface area contributed by atoms with Crippen LogP contribution in [0.1, 0.15) is 43.5 Å². The highest BCUT2D eigenvalue weighted by Gasteiger charge is 2.49. The van der Waals surface area contributed by atoms with Gasteiger partial charge >= 0.3 is 6.03 Å². The number of nitrogens with one attached hydrogen (secondary N) is 1. The Labute approximate surface area is 166 Å². The molecule has 2 aromatic rings. The summed E-state index contributed by atoms with van der Waals surface area (Å²) in [5.41, 5.74) is -0.443. The highest BCUT2D eigenvalue weighted by atomic mass is 32.1. The molecule has 1 aliphatic heterocycles.